The van der Waals surface area contributed by atoms with Crippen LogP contribution in [0.3, 0.4) is 0 Å². The summed E-state index contributed by atoms with van der Waals surface area (Å²) in [5.41, 5.74) is -0.0185. The summed E-state index contributed by atoms with van der Waals surface area (Å²) in [5.74, 6) is -1.64. The molecule has 18 atom stereocenters. The lowest BCUT2D eigenvalue weighted by Crippen LogP contribution is -2.67. The number of carbonyl (C=O) groups is 2. The van der Waals surface area contributed by atoms with Gasteiger partial charge in [-0.2, -0.15) is 0 Å². The minimum absolute atomic E-state index is 0.0231. The monoisotopic (exact) mass is 794 g/mol. The van der Waals surface area contributed by atoms with Crippen LogP contribution in [0.2, 0.25) is 0 Å². The van der Waals surface area contributed by atoms with Gasteiger partial charge >= 0.3 is 11.9 Å². The van der Waals surface area contributed by atoms with Crippen LogP contribution in [0.4, 0.5) is 0 Å². The normalized spacial score (nSPS) is 52.3. The number of hydrogen-bond donors (Lipinski definition) is 8. The molecule has 4 saturated carbocycles. The van der Waals surface area contributed by atoms with Gasteiger partial charge in [-0.25, -0.2) is 4.79 Å². The molecule has 14 heteroatoms. The molecule has 7 aliphatic rings. The van der Waals surface area contributed by atoms with E-state index < -0.39 is 96.9 Å². The number of carboxylic acid groups (broad SMARTS) is 2. The number of aliphatic hydroxyl groups excluding tert-OH is 6. The Morgan fingerprint density at radius 2 is 1.41 bits per heavy atom. The maximum Gasteiger partial charge on any atom is 0.335 e. The number of aliphatic hydroxyl groups is 6. The first kappa shape index (κ1) is 42.4. The molecule has 0 radical (unpaired) electrons. The average molecular weight is 795 g/mol. The van der Waals surface area contributed by atoms with Gasteiger partial charge in [-0.15, -0.1) is 0 Å². The lowest BCUT2D eigenvalue weighted by atomic mass is 9.33. The number of aliphatic carboxylic acids is 2. The zero-order valence-corrected chi connectivity index (χ0v) is 34.0. The van der Waals surface area contributed by atoms with Crippen molar-refractivity contribution in [2.45, 2.75) is 180 Å². The fraction of sp³-hybridized carbons (Fsp3) is 0.905. The van der Waals surface area contributed by atoms with Crippen molar-refractivity contribution in [1.82, 2.24) is 0 Å². The topological polar surface area (TPSA) is 233 Å². The summed E-state index contributed by atoms with van der Waals surface area (Å²) in [4.78, 5) is 25.4. The van der Waals surface area contributed by atoms with Crippen LogP contribution in [0, 0.1) is 50.2 Å². The average Bonchev–Trinajstić information content (AvgIpc) is 3.11. The molecule has 7 rings (SSSR count). The minimum atomic E-state index is -1.93. The predicted octanol–water partition coefficient (Wildman–Crippen LogP) is 2.97. The van der Waals surface area contributed by atoms with Gasteiger partial charge < -0.3 is 59.8 Å². The van der Waals surface area contributed by atoms with Gasteiger partial charge in [0.1, 0.15) is 42.7 Å². The molecule has 2 aliphatic heterocycles. The molecule has 0 amide bonds. The van der Waals surface area contributed by atoms with Crippen LogP contribution in [0.15, 0.2) is 11.6 Å². The van der Waals surface area contributed by atoms with Gasteiger partial charge in [0.15, 0.2) is 18.7 Å². The summed E-state index contributed by atoms with van der Waals surface area (Å²) >= 11 is 0. The molecule has 7 unspecified atom stereocenters. The SMILES string of the molecule is CC1(C)CCC2(C(=O)O)CCC3(C)C(=CCC4C5(C)CC[C@H](O[C@@H]6O[C@H](C(=O)O)[C@@H](O)[C@@H](O[C@@H]7O[C@H](CO)[C@@H](O)[C@@H](O)[C@H]7O)[C@H]6O)C(C)(C)C5CCC43C)C2C1. The number of allylic oxidation sites excluding steroid dienone is 2. The summed E-state index contributed by atoms with van der Waals surface area (Å²) in [6, 6.07) is 0. The molecule has 0 aromatic carbocycles. The molecule has 0 bridgehead atoms. The Bertz CT molecular complexity index is 1560. The fourth-order valence-electron chi connectivity index (χ4n) is 13.7. The van der Waals surface area contributed by atoms with E-state index >= 15 is 0 Å². The summed E-state index contributed by atoms with van der Waals surface area (Å²) in [6.45, 7) is 15.4. The second-order valence-corrected chi connectivity index (χ2v) is 20.7. The quantitative estimate of drug-likeness (QED) is 0.137. The Morgan fingerprint density at radius 3 is 2.05 bits per heavy atom. The molecule has 318 valence electrons. The van der Waals surface area contributed by atoms with Crippen LogP contribution >= 0.6 is 0 Å². The number of fused-ring (bicyclic) bond motifs is 7. The van der Waals surface area contributed by atoms with Gasteiger partial charge in [0.05, 0.1) is 18.1 Å². The van der Waals surface area contributed by atoms with Gasteiger partial charge in [0.2, 0.25) is 0 Å². The van der Waals surface area contributed by atoms with Crippen molar-refractivity contribution in [3.8, 4) is 0 Å². The highest BCUT2D eigenvalue weighted by atomic mass is 16.7. The van der Waals surface area contributed by atoms with Crippen molar-refractivity contribution >= 4 is 11.9 Å². The maximum absolute atomic E-state index is 13.0. The van der Waals surface area contributed by atoms with Gasteiger partial charge in [-0.3, -0.25) is 4.79 Å². The Hall–Kier alpha value is -1.72. The lowest BCUT2D eigenvalue weighted by molar-refractivity contribution is -0.365. The van der Waals surface area contributed by atoms with E-state index in [0.29, 0.717) is 18.8 Å². The third-order valence-electron chi connectivity index (χ3n) is 17.2. The van der Waals surface area contributed by atoms with Crippen molar-refractivity contribution in [2.24, 2.45) is 50.2 Å². The Kier molecular flexibility index (Phi) is 10.8. The molecule has 6 fully saturated rings. The number of carboxylic acids is 2. The zero-order chi connectivity index (χ0) is 41.1. The summed E-state index contributed by atoms with van der Waals surface area (Å²) in [7, 11) is 0. The smallest absolute Gasteiger partial charge is 0.335 e. The fourth-order valence-corrected chi connectivity index (χ4v) is 13.7. The predicted molar refractivity (Wildman–Crippen MR) is 198 cm³/mol. The summed E-state index contributed by atoms with van der Waals surface area (Å²) < 4.78 is 23.5. The largest absolute Gasteiger partial charge is 0.481 e. The maximum atomic E-state index is 13.0. The first-order valence-electron chi connectivity index (χ1n) is 20.8. The Morgan fingerprint density at radius 1 is 0.750 bits per heavy atom. The minimum Gasteiger partial charge on any atom is -0.481 e. The summed E-state index contributed by atoms with van der Waals surface area (Å²) in [5, 5.41) is 84.1. The number of rotatable bonds is 7. The van der Waals surface area contributed by atoms with E-state index in [0.717, 1.165) is 51.4 Å². The summed E-state index contributed by atoms with van der Waals surface area (Å²) in [6.07, 6.45) is -7.02. The molecule has 56 heavy (non-hydrogen) atoms. The second-order valence-electron chi connectivity index (χ2n) is 20.7. The van der Waals surface area contributed by atoms with Gasteiger partial charge in [0, 0.05) is 0 Å². The number of hydrogen-bond acceptors (Lipinski definition) is 12. The van der Waals surface area contributed by atoms with Crippen molar-refractivity contribution in [1.29, 1.82) is 0 Å². The van der Waals surface area contributed by atoms with Gasteiger partial charge in [-0.1, -0.05) is 60.1 Å². The molecule has 0 spiro atoms. The second kappa shape index (κ2) is 14.2. The zero-order valence-electron chi connectivity index (χ0n) is 34.0. The van der Waals surface area contributed by atoms with E-state index in [1.54, 1.807) is 0 Å². The molecule has 2 saturated heterocycles. The van der Waals surface area contributed by atoms with E-state index in [-0.39, 0.29) is 33.5 Å². The third kappa shape index (κ3) is 6.17. The standard InChI is InChI=1S/C42H66O14/c1-37(2)14-16-42(36(51)52)17-15-40(6)20(21(42)18-37)8-9-24-39(5)12-11-25(38(3,4)23(39)10-13-41(24,40)7)54-35-30(48)31(29(47)32(56-35)33(49)50)55-34-28(46)27(45)26(44)22(19-43)53-34/h8,21-32,34-35,43-48H,9-19H2,1-7H3,(H,49,50)(H,51,52)/t21?,22-,23?,24?,25+,26-,27-,28-,29+,30-,31-,32+,34+,35-,39?,40?,41?,42?/m1/s1. The molecule has 14 nitrogen and oxygen atoms in total. The van der Waals surface area contributed by atoms with Crippen molar-refractivity contribution in [3.63, 3.8) is 0 Å². The molecule has 8 N–H and O–H groups in total. The van der Waals surface area contributed by atoms with E-state index in [4.69, 9.17) is 18.9 Å². The number of ether oxygens (including phenoxy) is 4. The van der Waals surface area contributed by atoms with Gasteiger partial charge in [-0.05, 0) is 109 Å². The third-order valence-corrected chi connectivity index (χ3v) is 17.2. The van der Waals surface area contributed by atoms with Crippen molar-refractivity contribution in [2.75, 3.05) is 6.61 Å². The van der Waals surface area contributed by atoms with E-state index in [9.17, 15) is 50.4 Å². The first-order chi connectivity index (χ1) is 26.0. The van der Waals surface area contributed by atoms with E-state index in [1.807, 2.05) is 0 Å². The van der Waals surface area contributed by atoms with E-state index in [2.05, 4.69) is 54.5 Å². The molecular weight excluding hydrogens is 728 g/mol. The molecule has 0 aromatic heterocycles. The molecule has 0 aromatic rings. The molecule has 2 heterocycles. The highest BCUT2D eigenvalue weighted by Crippen LogP contribution is 2.76. The van der Waals surface area contributed by atoms with Crippen LogP contribution < -0.4 is 0 Å². The Labute approximate surface area is 329 Å². The highest BCUT2D eigenvalue weighted by molar-refractivity contribution is 5.76. The van der Waals surface area contributed by atoms with Crippen LogP contribution in [0.5, 0.6) is 0 Å². The lowest BCUT2D eigenvalue weighted by Gasteiger charge is -2.71. The molecular formula is C42H66O14. The van der Waals surface area contributed by atoms with E-state index in [1.165, 1.54) is 5.57 Å². The molecule has 5 aliphatic carbocycles. The van der Waals surface area contributed by atoms with Crippen LogP contribution in [-0.2, 0) is 28.5 Å². The first-order valence-corrected chi connectivity index (χ1v) is 20.8. The highest BCUT2D eigenvalue weighted by Gasteiger charge is 2.69. The van der Waals surface area contributed by atoms with Crippen molar-refractivity contribution in [3.05, 3.63) is 11.6 Å². The van der Waals surface area contributed by atoms with Crippen LogP contribution in [-0.4, -0.2) is 127 Å². The van der Waals surface area contributed by atoms with Crippen molar-refractivity contribution < 1.29 is 69.4 Å². The van der Waals surface area contributed by atoms with Crippen LogP contribution in [0.1, 0.15) is 113 Å². The Balaban J connectivity index is 1.13. The van der Waals surface area contributed by atoms with Gasteiger partial charge in [0.25, 0.3) is 0 Å². The van der Waals surface area contributed by atoms with Crippen LogP contribution in [0.25, 0.3) is 0 Å².